The fourth-order valence-corrected chi connectivity index (χ4v) is 3.48. The van der Waals surface area contributed by atoms with Crippen molar-refractivity contribution in [2.75, 3.05) is 0 Å². The normalized spacial score (nSPS) is 10.8. The number of rotatable bonds is 5. The van der Waals surface area contributed by atoms with Crippen molar-refractivity contribution in [3.8, 4) is 28.3 Å². The number of nitrogens with zero attached hydrogens (tertiary/aromatic N) is 3. The summed E-state index contributed by atoms with van der Waals surface area (Å²) in [6.07, 6.45) is 4.40. The Morgan fingerprint density at radius 3 is 2.62 bits per heavy atom. The summed E-state index contributed by atoms with van der Waals surface area (Å²) < 4.78 is 5.49. The number of nitrogens with one attached hydrogen (secondary N) is 2. The van der Waals surface area contributed by atoms with Crippen molar-refractivity contribution in [2.45, 2.75) is 6.54 Å². The van der Waals surface area contributed by atoms with Gasteiger partial charge in [0.15, 0.2) is 5.82 Å². The Hall–Kier alpha value is -4.52. The predicted octanol–water partition coefficient (Wildman–Crippen LogP) is 4.98. The highest BCUT2D eigenvalue weighted by Crippen LogP contribution is 2.26. The molecule has 0 unspecified atom stereocenters. The number of aromatic amines is 1. The molecule has 0 fully saturated rings. The minimum Gasteiger partial charge on any atom is -0.410 e. The molecule has 156 valence electrons. The van der Waals surface area contributed by atoms with Crippen LogP contribution in [0, 0.1) is 0 Å². The molecule has 7 heteroatoms. The van der Waals surface area contributed by atoms with Crippen LogP contribution in [-0.2, 0) is 6.54 Å². The van der Waals surface area contributed by atoms with Crippen molar-refractivity contribution in [1.82, 2.24) is 25.5 Å². The van der Waals surface area contributed by atoms with E-state index in [9.17, 15) is 4.79 Å². The first-order valence-corrected chi connectivity index (χ1v) is 10.1. The van der Waals surface area contributed by atoms with Crippen molar-refractivity contribution >= 4 is 16.9 Å². The molecule has 0 saturated carbocycles. The number of hydrogen-bond donors (Lipinski definition) is 2. The summed E-state index contributed by atoms with van der Waals surface area (Å²) in [7, 11) is 0. The van der Waals surface area contributed by atoms with Gasteiger partial charge in [0, 0.05) is 30.1 Å². The lowest BCUT2D eigenvalue weighted by Gasteiger charge is -2.09. The number of fused-ring (bicyclic) bond motifs is 1. The molecule has 1 amide bonds. The number of carbonyl (C=O) groups is 1. The van der Waals surface area contributed by atoms with Crippen molar-refractivity contribution in [3.63, 3.8) is 0 Å². The average molecular weight is 421 g/mol. The molecule has 3 aromatic carbocycles. The molecule has 0 atom stereocenters. The molecule has 2 aromatic heterocycles. The number of pyridine rings is 1. The minimum absolute atomic E-state index is 0.381. The van der Waals surface area contributed by atoms with Gasteiger partial charge in [0.05, 0.1) is 0 Å². The second kappa shape index (κ2) is 8.69. The molecule has 5 aromatic rings. The third kappa shape index (κ3) is 4.32. The fraction of sp³-hybridized carbons (Fsp3) is 0.0400. The summed E-state index contributed by atoms with van der Waals surface area (Å²) in [6.45, 7) is 0.381. The van der Waals surface area contributed by atoms with Gasteiger partial charge in [-0.15, -0.1) is 0 Å². The van der Waals surface area contributed by atoms with Gasteiger partial charge < -0.3 is 10.1 Å². The number of hydrogen-bond acceptors (Lipinski definition) is 5. The SMILES string of the molecule is O=C(NCc1ccc2ccccc2c1)Oc1cccc(-c2cncc(-c3ncn[nH]3)c2)c1. The van der Waals surface area contributed by atoms with Crippen LogP contribution in [0.1, 0.15) is 5.56 Å². The lowest BCUT2D eigenvalue weighted by molar-refractivity contribution is 0.200. The molecule has 5 rings (SSSR count). The molecule has 0 aliphatic carbocycles. The lowest BCUT2D eigenvalue weighted by Crippen LogP contribution is -2.26. The van der Waals surface area contributed by atoms with E-state index in [2.05, 4.69) is 43.7 Å². The molecule has 0 aliphatic rings. The van der Waals surface area contributed by atoms with Gasteiger partial charge in [-0.25, -0.2) is 9.78 Å². The zero-order chi connectivity index (χ0) is 21.8. The minimum atomic E-state index is -0.510. The number of ether oxygens (including phenoxy) is 1. The van der Waals surface area contributed by atoms with Crippen LogP contribution >= 0.6 is 0 Å². The summed E-state index contributed by atoms with van der Waals surface area (Å²) >= 11 is 0. The third-order valence-corrected chi connectivity index (χ3v) is 5.06. The van der Waals surface area contributed by atoms with Crippen molar-refractivity contribution in [1.29, 1.82) is 0 Å². The molecule has 7 nitrogen and oxygen atoms in total. The first-order chi connectivity index (χ1) is 15.7. The first kappa shape index (κ1) is 19.4. The summed E-state index contributed by atoms with van der Waals surface area (Å²) in [5.74, 6) is 1.09. The van der Waals surface area contributed by atoms with Crippen molar-refractivity contribution in [2.24, 2.45) is 0 Å². The van der Waals surface area contributed by atoms with Crippen LogP contribution in [-0.4, -0.2) is 26.3 Å². The number of amides is 1. The molecule has 0 aliphatic heterocycles. The van der Waals surface area contributed by atoms with Gasteiger partial charge in [-0.2, -0.15) is 5.10 Å². The highest BCUT2D eigenvalue weighted by molar-refractivity contribution is 5.83. The van der Waals surface area contributed by atoms with Crippen molar-refractivity contribution < 1.29 is 9.53 Å². The summed E-state index contributed by atoms with van der Waals surface area (Å²) in [6, 6.07) is 23.5. The Labute approximate surface area is 184 Å². The molecule has 0 radical (unpaired) electrons. The van der Waals surface area contributed by atoms with Crippen LogP contribution in [0.5, 0.6) is 5.75 Å². The Morgan fingerprint density at radius 2 is 1.75 bits per heavy atom. The van der Waals surface area contributed by atoms with Crippen LogP contribution in [0.3, 0.4) is 0 Å². The lowest BCUT2D eigenvalue weighted by atomic mass is 10.1. The highest BCUT2D eigenvalue weighted by Gasteiger charge is 2.08. The Balaban J connectivity index is 1.26. The third-order valence-electron chi connectivity index (χ3n) is 5.06. The molecule has 2 heterocycles. The van der Waals surface area contributed by atoms with Gasteiger partial charge in [-0.05, 0) is 46.2 Å². The standard InChI is InChI=1S/C25H19N5O2/c31-25(27-13-17-8-9-18-4-1-2-5-19(18)10-17)32-23-7-3-6-20(12-23)21-11-22(15-26-14-21)24-28-16-29-30-24/h1-12,14-16H,13H2,(H,27,31)(H,28,29,30). The van der Waals surface area contributed by atoms with E-state index in [1.54, 1.807) is 24.5 Å². The molecule has 32 heavy (non-hydrogen) atoms. The van der Waals surface area contributed by atoms with Crippen LogP contribution in [0.2, 0.25) is 0 Å². The van der Waals surface area contributed by atoms with Gasteiger partial charge in [-0.3, -0.25) is 10.1 Å². The maximum Gasteiger partial charge on any atom is 0.412 e. The molecular formula is C25H19N5O2. The van der Waals surface area contributed by atoms with Gasteiger partial charge in [0.1, 0.15) is 12.1 Å². The van der Waals surface area contributed by atoms with Gasteiger partial charge in [0.2, 0.25) is 0 Å². The first-order valence-electron chi connectivity index (χ1n) is 10.1. The zero-order valence-electron chi connectivity index (χ0n) is 17.0. The maximum absolute atomic E-state index is 12.3. The average Bonchev–Trinajstić information content (AvgIpc) is 3.38. The quantitative estimate of drug-likeness (QED) is 0.418. The van der Waals surface area contributed by atoms with Gasteiger partial charge in [-0.1, -0.05) is 48.5 Å². The maximum atomic E-state index is 12.3. The number of benzene rings is 3. The van der Waals surface area contributed by atoms with E-state index in [4.69, 9.17) is 4.74 Å². The van der Waals surface area contributed by atoms with E-state index < -0.39 is 6.09 Å². The van der Waals surface area contributed by atoms with Crippen LogP contribution in [0.15, 0.2) is 91.5 Å². The predicted molar refractivity (Wildman–Crippen MR) is 122 cm³/mol. The van der Waals surface area contributed by atoms with Crippen LogP contribution < -0.4 is 10.1 Å². The smallest absolute Gasteiger partial charge is 0.410 e. The Kier molecular flexibility index (Phi) is 5.28. The second-order valence-electron chi connectivity index (χ2n) is 7.25. The van der Waals surface area contributed by atoms with E-state index >= 15 is 0 Å². The van der Waals surface area contributed by atoms with E-state index in [0.29, 0.717) is 18.1 Å². The number of H-pyrrole nitrogens is 1. The molecule has 0 spiro atoms. The molecule has 2 N–H and O–H groups in total. The summed E-state index contributed by atoms with van der Waals surface area (Å²) in [5.41, 5.74) is 3.57. The largest absolute Gasteiger partial charge is 0.412 e. The van der Waals surface area contributed by atoms with Crippen LogP contribution in [0.25, 0.3) is 33.3 Å². The molecule has 0 bridgehead atoms. The van der Waals surface area contributed by atoms with E-state index in [0.717, 1.165) is 33.0 Å². The summed E-state index contributed by atoms with van der Waals surface area (Å²) in [4.78, 5) is 20.8. The van der Waals surface area contributed by atoms with E-state index in [1.807, 2.05) is 42.5 Å². The zero-order valence-corrected chi connectivity index (χ0v) is 17.0. The molecular weight excluding hydrogens is 402 g/mol. The monoisotopic (exact) mass is 421 g/mol. The Bertz CT molecular complexity index is 1380. The van der Waals surface area contributed by atoms with Crippen LogP contribution in [0.4, 0.5) is 4.79 Å². The summed E-state index contributed by atoms with van der Waals surface area (Å²) in [5, 5.41) is 11.8. The van der Waals surface area contributed by atoms with E-state index in [-0.39, 0.29) is 0 Å². The Morgan fingerprint density at radius 1 is 0.875 bits per heavy atom. The van der Waals surface area contributed by atoms with Gasteiger partial charge in [0.25, 0.3) is 0 Å². The number of carbonyl (C=O) groups excluding carboxylic acids is 1. The second-order valence-corrected chi connectivity index (χ2v) is 7.25. The topological polar surface area (TPSA) is 92.8 Å². The highest BCUT2D eigenvalue weighted by atomic mass is 16.6. The fourth-order valence-electron chi connectivity index (χ4n) is 3.48. The number of aromatic nitrogens is 4. The van der Waals surface area contributed by atoms with E-state index in [1.165, 1.54) is 6.33 Å². The van der Waals surface area contributed by atoms with Crippen molar-refractivity contribution in [3.05, 3.63) is 97.1 Å². The molecule has 0 saturated heterocycles. The van der Waals surface area contributed by atoms with Gasteiger partial charge >= 0.3 is 6.09 Å².